The van der Waals surface area contributed by atoms with Crippen molar-refractivity contribution in [1.29, 1.82) is 0 Å². The molecule has 0 spiro atoms. The summed E-state index contributed by atoms with van der Waals surface area (Å²) < 4.78 is 1.95. The summed E-state index contributed by atoms with van der Waals surface area (Å²) in [5.41, 5.74) is 4.22. The van der Waals surface area contributed by atoms with Crippen molar-refractivity contribution in [2.45, 2.75) is 18.6 Å². The van der Waals surface area contributed by atoms with Crippen molar-refractivity contribution in [2.75, 3.05) is 5.75 Å². The van der Waals surface area contributed by atoms with Crippen molar-refractivity contribution < 1.29 is 4.79 Å². The Hall–Kier alpha value is -2.35. The molecule has 3 aromatic rings. The minimum absolute atomic E-state index is 0.172. The Morgan fingerprint density at radius 1 is 1.18 bits per heavy atom. The monoisotopic (exact) mass is 433 g/mol. The first-order chi connectivity index (χ1) is 13.6. The third-order valence-corrected chi connectivity index (χ3v) is 5.17. The van der Waals surface area contributed by atoms with Crippen LogP contribution in [0.3, 0.4) is 0 Å². The Labute approximate surface area is 177 Å². The second kappa shape index (κ2) is 9.73. The molecule has 1 heterocycles. The van der Waals surface area contributed by atoms with Gasteiger partial charge in [-0.3, -0.25) is 4.79 Å². The number of thioether (sulfide) groups is 1. The topological polar surface area (TPSA) is 72.2 Å². The van der Waals surface area contributed by atoms with Gasteiger partial charge in [0, 0.05) is 22.2 Å². The molecule has 0 unspecified atom stereocenters. The molecular weight excluding hydrogens is 417 g/mol. The van der Waals surface area contributed by atoms with E-state index in [0.717, 1.165) is 17.0 Å². The maximum atomic E-state index is 12.0. The second-order valence-corrected chi connectivity index (χ2v) is 7.51. The lowest BCUT2D eigenvalue weighted by molar-refractivity contribution is -0.118. The Kier molecular flexibility index (Phi) is 7.08. The van der Waals surface area contributed by atoms with Crippen molar-refractivity contribution in [3.8, 4) is 11.4 Å². The normalized spacial score (nSPS) is 11.1. The highest BCUT2D eigenvalue weighted by molar-refractivity contribution is 7.99. The summed E-state index contributed by atoms with van der Waals surface area (Å²) in [5.74, 6) is 0.675. The van der Waals surface area contributed by atoms with E-state index >= 15 is 0 Å². The summed E-state index contributed by atoms with van der Waals surface area (Å²) in [6, 6.07) is 14.6. The number of carbonyl (C=O) groups is 1. The summed E-state index contributed by atoms with van der Waals surface area (Å²) in [7, 11) is 0. The molecule has 0 saturated heterocycles. The molecule has 0 saturated carbocycles. The van der Waals surface area contributed by atoms with Crippen molar-refractivity contribution in [1.82, 2.24) is 20.2 Å². The zero-order valence-corrected chi connectivity index (χ0v) is 17.3. The first-order valence-electron chi connectivity index (χ1n) is 8.46. The van der Waals surface area contributed by atoms with E-state index in [9.17, 15) is 4.79 Å². The van der Waals surface area contributed by atoms with Crippen LogP contribution >= 0.6 is 35.0 Å². The predicted octanol–water partition coefficient (Wildman–Crippen LogP) is 4.51. The number of nitrogens with zero attached hydrogens (tertiary/aromatic N) is 4. The van der Waals surface area contributed by atoms with Crippen LogP contribution in [-0.4, -0.2) is 32.6 Å². The van der Waals surface area contributed by atoms with Crippen LogP contribution in [0, 0.1) is 0 Å². The molecule has 2 aromatic carbocycles. The SMILES string of the molecule is CCn1c(SCC(=O)N/N=C/c2cccc(Cl)c2)nnc1-c1ccc(Cl)cc1. The van der Waals surface area contributed by atoms with Crippen LogP contribution < -0.4 is 5.43 Å². The van der Waals surface area contributed by atoms with Gasteiger partial charge in [0.05, 0.1) is 12.0 Å². The van der Waals surface area contributed by atoms with E-state index in [2.05, 4.69) is 20.7 Å². The predicted molar refractivity (Wildman–Crippen MR) is 114 cm³/mol. The Bertz CT molecular complexity index is 988. The standard InChI is InChI=1S/C19H17Cl2N5OS/c1-2-26-18(14-6-8-15(20)9-7-14)24-25-19(26)28-12-17(27)23-22-11-13-4-3-5-16(21)10-13/h3-11H,2,12H2,1H3,(H,23,27)/b22-11+. The van der Waals surface area contributed by atoms with Crippen LogP contribution in [0.4, 0.5) is 0 Å². The quantitative estimate of drug-likeness (QED) is 0.337. The largest absolute Gasteiger partial charge is 0.302 e. The molecule has 0 fully saturated rings. The van der Waals surface area contributed by atoms with Crippen LogP contribution in [0.5, 0.6) is 0 Å². The molecule has 144 valence electrons. The van der Waals surface area contributed by atoms with E-state index in [1.807, 2.05) is 47.9 Å². The number of halogens is 2. The first kappa shape index (κ1) is 20.4. The van der Waals surface area contributed by atoms with E-state index in [4.69, 9.17) is 23.2 Å². The molecule has 0 bridgehead atoms. The average Bonchev–Trinajstić information content (AvgIpc) is 3.10. The molecule has 0 radical (unpaired) electrons. The Morgan fingerprint density at radius 3 is 2.68 bits per heavy atom. The minimum Gasteiger partial charge on any atom is -0.302 e. The highest BCUT2D eigenvalue weighted by atomic mass is 35.5. The maximum Gasteiger partial charge on any atom is 0.250 e. The van der Waals surface area contributed by atoms with Gasteiger partial charge >= 0.3 is 0 Å². The van der Waals surface area contributed by atoms with Gasteiger partial charge in [0.25, 0.3) is 5.91 Å². The van der Waals surface area contributed by atoms with Gasteiger partial charge in [-0.25, -0.2) is 5.43 Å². The van der Waals surface area contributed by atoms with Gasteiger partial charge < -0.3 is 4.57 Å². The number of amides is 1. The zero-order valence-electron chi connectivity index (χ0n) is 15.0. The number of benzene rings is 2. The zero-order chi connectivity index (χ0) is 19.9. The lowest BCUT2D eigenvalue weighted by atomic mass is 10.2. The number of hydrazone groups is 1. The van der Waals surface area contributed by atoms with Gasteiger partial charge in [0.1, 0.15) is 0 Å². The van der Waals surface area contributed by atoms with Crippen molar-refractivity contribution in [3.63, 3.8) is 0 Å². The second-order valence-electron chi connectivity index (χ2n) is 5.69. The van der Waals surface area contributed by atoms with Crippen LogP contribution in [0.25, 0.3) is 11.4 Å². The van der Waals surface area contributed by atoms with E-state index in [1.165, 1.54) is 11.8 Å². The van der Waals surface area contributed by atoms with Gasteiger partial charge in [0.2, 0.25) is 0 Å². The Balaban J connectivity index is 1.59. The minimum atomic E-state index is -0.234. The molecule has 6 nitrogen and oxygen atoms in total. The molecule has 9 heteroatoms. The molecule has 0 aliphatic carbocycles. The number of hydrogen-bond donors (Lipinski definition) is 1. The van der Waals surface area contributed by atoms with Gasteiger partial charge in [-0.15, -0.1) is 10.2 Å². The van der Waals surface area contributed by atoms with Crippen LogP contribution in [-0.2, 0) is 11.3 Å². The van der Waals surface area contributed by atoms with Gasteiger partial charge in [-0.05, 0) is 48.9 Å². The molecule has 3 rings (SSSR count). The summed E-state index contributed by atoms with van der Waals surface area (Å²) >= 11 is 13.2. The molecule has 28 heavy (non-hydrogen) atoms. The number of carbonyl (C=O) groups excluding carboxylic acids is 1. The fourth-order valence-corrected chi connectivity index (χ4v) is 3.54. The van der Waals surface area contributed by atoms with E-state index < -0.39 is 0 Å². The van der Waals surface area contributed by atoms with E-state index in [0.29, 0.717) is 21.7 Å². The molecule has 1 aromatic heterocycles. The van der Waals surface area contributed by atoms with Crippen molar-refractivity contribution >= 4 is 47.1 Å². The molecular formula is C19H17Cl2N5OS. The third-order valence-electron chi connectivity index (χ3n) is 3.72. The molecule has 0 aliphatic rings. The molecule has 1 amide bonds. The summed E-state index contributed by atoms with van der Waals surface area (Å²) in [4.78, 5) is 12.0. The third kappa shape index (κ3) is 5.34. The average molecular weight is 434 g/mol. The van der Waals surface area contributed by atoms with Gasteiger partial charge in [-0.2, -0.15) is 5.10 Å². The number of rotatable bonds is 7. The number of hydrogen-bond acceptors (Lipinski definition) is 5. The van der Waals surface area contributed by atoms with Crippen LogP contribution in [0.1, 0.15) is 12.5 Å². The lowest BCUT2D eigenvalue weighted by Gasteiger charge is -2.07. The van der Waals surface area contributed by atoms with Gasteiger partial charge in [0.15, 0.2) is 11.0 Å². The van der Waals surface area contributed by atoms with Crippen LogP contribution in [0.15, 0.2) is 58.8 Å². The highest BCUT2D eigenvalue weighted by Crippen LogP contribution is 2.25. The van der Waals surface area contributed by atoms with Crippen molar-refractivity contribution in [2.24, 2.45) is 5.10 Å². The summed E-state index contributed by atoms with van der Waals surface area (Å²) in [5, 5.41) is 14.3. The molecule has 0 atom stereocenters. The summed E-state index contributed by atoms with van der Waals surface area (Å²) in [6.07, 6.45) is 1.54. The lowest BCUT2D eigenvalue weighted by Crippen LogP contribution is -2.20. The Morgan fingerprint density at radius 2 is 1.96 bits per heavy atom. The highest BCUT2D eigenvalue weighted by Gasteiger charge is 2.14. The van der Waals surface area contributed by atoms with Crippen molar-refractivity contribution in [3.05, 3.63) is 64.1 Å². The van der Waals surface area contributed by atoms with E-state index in [1.54, 1.807) is 18.3 Å². The number of nitrogens with one attached hydrogen (secondary N) is 1. The fourth-order valence-electron chi connectivity index (χ4n) is 2.42. The summed E-state index contributed by atoms with van der Waals surface area (Å²) in [6.45, 7) is 2.68. The van der Waals surface area contributed by atoms with Crippen LogP contribution in [0.2, 0.25) is 10.0 Å². The number of aromatic nitrogens is 3. The van der Waals surface area contributed by atoms with E-state index in [-0.39, 0.29) is 11.7 Å². The fraction of sp³-hybridized carbons (Fsp3) is 0.158. The maximum absolute atomic E-state index is 12.0. The molecule has 0 aliphatic heterocycles. The molecule has 1 N–H and O–H groups in total. The smallest absolute Gasteiger partial charge is 0.250 e. The first-order valence-corrected chi connectivity index (χ1v) is 10.2. The van der Waals surface area contributed by atoms with Gasteiger partial charge in [-0.1, -0.05) is 47.1 Å².